The van der Waals surface area contributed by atoms with Crippen LogP contribution in [0.3, 0.4) is 0 Å². The molecule has 1 amide bonds. The summed E-state index contributed by atoms with van der Waals surface area (Å²) in [5, 5.41) is 3.01. The highest BCUT2D eigenvalue weighted by atomic mass is 32.2. The third-order valence-corrected chi connectivity index (χ3v) is 9.04. The summed E-state index contributed by atoms with van der Waals surface area (Å²) in [6.07, 6.45) is 3.86. The molecule has 9 nitrogen and oxygen atoms in total. The number of nitrogens with one attached hydrogen (secondary N) is 2. The standard InChI is InChI=1S/C27H32N2O7S/c1-16(22-14-18-7-8-19(22)13-18)28-26(30)17(2)36-27(31)21-5-3-4-6-23(21)29-37(32,33)20-9-10-24-25(15-20)35-12-11-34-24/h3-6,9-10,15-19,22,29H,7-8,11-14H2,1-2H3,(H,28,30). The van der Waals surface area contributed by atoms with Crippen molar-refractivity contribution in [2.75, 3.05) is 17.9 Å². The van der Waals surface area contributed by atoms with Gasteiger partial charge < -0.3 is 19.5 Å². The van der Waals surface area contributed by atoms with Crippen molar-refractivity contribution < 1.29 is 32.2 Å². The predicted octanol–water partition coefficient (Wildman–Crippen LogP) is 3.74. The number of benzene rings is 2. The van der Waals surface area contributed by atoms with Crippen LogP contribution in [0.25, 0.3) is 0 Å². The molecule has 5 unspecified atom stereocenters. The molecule has 0 spiro atoms. The van der Waals surface area contributed by atoms with Crippen molar-refractivity contribution in [2.45, 2.75) is 56.6 Å². The SMILES string of the molecule is CC(OC(=O)c1ccccc1NS(=O)(=O)c1ccc2c(c1)OCCO2)C(=O)NC(C)C1CC2CCC1C2. The summed E-state index contributed by atoms with van der Waals surface area (Å²) in [6.45, 7) is 4.25. The molecular weight excluding hydrogens is 496 g/mol. The summed E-state index contributed by atoms with van der Waals surface area (Å²) in [4.78, 5) is 25.7. The van der Waals surface area contributed by atoms with Crippen molar-refractivity contribution >= 4 is 27.6 Å². The van der Waals surface area contributed by atoms with Gasteiger partial charge in [-0.3, -0.25) is 9.52 Å². The highest BCUT2D eigenvalue weighted by molar-refractivity contribution is 7.92. The van der Waals surface area contributed by atoms with Gasteiger partial charge in [0.2, 0.25) is 0 Å². The number of rotatable bonds is 8. The molecular formula is C27H32N2O7S. The predicted molar refractivity (Wildman–Crippen MR) is 136 cm³/mol. The lowest BCUT2D eigenvalue weighted by molar-refractivity contribution is -0.130. The number of fused-ring (bicyclic) bond motifs is 3. The van der Waals surface area contributed by atoms with Crippen molar-refractivity contribution in [3.63, 3.8) is 0 Å². The van der Waals surface area contributed by atoms with Crippen LogP contribution in [0.2, 0.25) is 0 Å². The Balaban J connectivity index is 1.24. The number of amides is 1. The first kappa shape index (κ1) is 25.4. The molecule has 2 aromatic carbocycles. The number of anilines is 1. The molecule has 198 valence electrons. The van der Waals surface area contributed by atoms with Gasteiger partial charge in [-0.1, -0.05) is 18.6 Å². The minimum atomic E-state index is -4.05. The summed E-state index contributed by atoms with van der Waals surface area (Å²) in [5.41, 5.74) is 0.0507. The average Bonchev–Trinajstić information content (AvgIpc) is 3.52. The van der Waals surface area contributed by atoms with Crippen LogP contribution in [-0.2, 0) is 19.6 Å². The van der Waals surface area contributed by atoms with E-state index in [0.29, 0.717) is 36.5 Å². The van der Waals surface area contributed by atoms with Crippen LogP contribution >= 0.6 is 0 Å². The van der Waals surface area contributed by atoms with E-state index in [1.165, 1.54) is 56.5 Å². The molecule has 0 radical (unpaired) electrons. The molecule has 0 saturated heterocycles. The highest BCUT2D eigenvalue weighted by Gasteiger charge is 2.42. The first-order chi connectivity index (χ1) is 17.7. The maximum absolute atomic E-state index is 13.1. The second-order valence-electron chi connectivity index (χ2n) is 10.1. The topological polar surface area (TPSA) is 120 Å². The highest BCUT2D eigenvalue weighted by Crippen LogP contribution is 2.49. The Morgan fingerprint density at radius 1 is 1.00 bits per heavy atom. The van der Waals surface area contributed by atoms with Gasteiger partial charge in [-0.15, -0.1) is 0 Å². The molecule has 2 aliphatic carbocycles. The Morgan fingerprint density at radius 3 is 2.49 bits per heavy atom. The second kappa shape index (κ2) is 10.2. The molecule has 1 heterocycles. The Bertz CT molecular complexity index is 1300. The van der Waals surface area contributed by atoms with Crippen LogP contribution in [0, 0.1) is 17.8 Å². The van der Waals surface area contributed by atoms with Gasteiger partial charge in [-0.2, -0.15) is 0 Å². The molecule has 2 N–H and O–H groups in total. The van der Waals surface area contributed by atoms with Crippen LogP contribution in [0.5, 0.6) is 11.5 Å². The van der Waals surface area contributed by atoms with Gasteiger partial charge in [-0.05, 0) is 75.1 Å². The van der Waals surface area contributed by atoms with E-state index in [9.17, 15) is 18.0 Å². The third kappa shape index (κ3) is 5.39. The molecule has 0 aromatic heterocycles. The van der Waals surface area contributed by atoms with E-state index in [4.69, 9.17) is 14.2 Å². The maximum atomic E-state index is 13.1. The van der Waals surface area contributed by atoms with Crippen molar-refractivity contribution in [1.82, 2.24) is 5.32 Å². The molecule has 5 rings (SSSR count). The first-order valence-electron chi connectivity index (χ1n) is 12.7. The lowest BCUT2D eigenvalue weighted by atomic mass is 9.84. The van der Waals surface area contributed by atoms with Gasteiger partial charge in [0, 0.05) is 12.1 Å². The summed E-state index contributed by atoms with van der Waals surface area (Å²) >= 11 is 0. The van der Waals surface area contributed by atoms with Crippen LogP contribution in [0.15, 0.2) is 47.4 Å². The molecule has 3 aliphatic rings. The van der Waals surface area contributed by atoms with E-state index in [0.717, 1.165) is 12.3 Å². The number of carbonyl (C=O) groups is 2. The van der Waals surface area contributed by atoms with E-state index in [-0.39, 0.29) is 28.1 Å². The van der Waals surface area contributed by atoms with Crippen LogP contribution < -0.4 is 19.5 Å². The largest absolute Gasteiger partial charge is 0.486 e. The maximum Gasteiger partial charge on any atom is 0.341 e. The van der Waals surface area contributed by atoms with E-state index >= 15 is 0 Å². The average molecular weight is 529 g/mol. The molecule has 2 saturated carbocycles. The summed E-state index contributed by atoms with van der Waals surface area (Å²) in [7, 11) is -4.05. The van der Waals surface area contributed by atoms with E-state index in [1.807, 2.05) is 6.92 Å². The molecule has 2 aromatic rings. The second-order valence-corrected chi connectivity index (χ2v) is 11.8. The number of carbonyl (C=O) groups excluding carboxylic acids is 2. The van der Waals surface area contributed by atoms with Crippen molar-refractivity contribution in [3.8, 4) is 11.5 Å². The fourth-order valence-corrected chi connectivity index (χ4v) is 6.87. The number of para-hydroxylation sites is 1. The lowest BCUT2D eigenvalue weighted by Crippen LogP contribution is -2.45. The molecule has 5 atom stereocenters. The van der Waals surface area contributed by atoms with Gasteiger partial charge in [-0.25, -0.2) is 13.2 Å². The fourth-order valence-electron chi connectivity index (χ4n) is 5.78. The summed E-state index contributed by atoms with van der Waals surface area (Å²) in [6, 6.07) is 10.4. The fraction of sp³-hybridized carbons (Fsp3) is 0.481. The van der Waals surface area contributed by atoms with Crippen molar-refractivity contribution in [1.29, 1.82) is 0 Å². The van der Waals surface area contributed by atoms with Crippen LogP contribution in [0.1, 0.15) is 49.9 Å². The molecule has 1 aliphatic heterocycles. The Morgan fingerprint density at radius 2 is 1.76 bits per heavy atom. The third-order valence-electron chi connectivity index (χ3n) is 7.67. The zero-order chi connectivity index (χ0) is 26.2. The number of sulfonamides is 1. The van der Waals surface area contributed by atoms with Crippen molar-refractivity contribution in [2.24, 2.45) is 17.8 Å². The monoisotopic (exact) mass is 528 g/mol. The van der Waals surface area contributed by atoms with E-state index in [1.54, 1.807) is 12.1 Å². The van der Waals surface area contributed by atoms with Gasteiger partial charge in [0.25, 0.3) is 15.9 Å². The molecule has 10 heteroatoms. The molecule has 2 fully saturated rings. The minimum Gasteiger partial charge on any atom is -0.486 e. The molecule has 2 bridgehead atoms. The lowest BCUT2D eigenvalue weighted by Gasteiger charge is -2.29. The zero-order valence-electron chi connectivity index (χ0n) is 20.9. The van der Waals surface area contributed by atoms with Crippen LogP contribution in [-0.4, -0.2) is 45.7 Å². The Kier molecular flexibility index (Phi) is 7.02. The van der Waals surface area contributed by atoms with E-state index in [2.05, 4.69) is 10.0 Å². The number of hydrogen-bond donors (Lipinski definition) is 2. The smallest absolute Gasteiger partial charge is 0.341 e. The van der Waals surface area contributed by atoms with Crippen LogP contribution in [0.4, 0.5) is 5.69 Å². The number of hydrogen-bond acceptors (Lipinski definition) is 7. The van der Waals surface area contributed by atoms with Gasteiger partial charge in [0.1, 0.15) is 13.2 Å². The summed E-state index contributed by atoms with van der Waals surface area (Å²) < 4.78 is 45.0. The van der Waals surface area contributed by atoms with Gasteiger partial charge in [0.05, 0.1) is 16.1 Å². The number of esters is 1. The molecule has 37 heavy (non-hydrogen) atoms. The normalized spacial score (nSPS) is 23.7. The van der Waals surface area contributed by atoms with E-state index < -0.39 is 22.1 Å². The van der Waals surface area contributed by atoms with Crippen molar-refractivity contribution in [3.05, 3.63) is 48.0 Å². The summed E-state index contributed by atoms with van der Waals surface area (Å²) in [5.74, 6) is 1.53. The Labute approximate surface area is 216 Å². The van der Waals surface area contributed by atoms with Gasteiger partial charge in [0.15, 0.2) is 17.6 Å². The minimum absolute atomic E-state index is 0.00409. The number of ether oxygens (including phenoxy) is 3. The zero-order valence-corrected chi connectivity index (χ0v) is 21.8. The quantitative estimate of drug-likeness (QED) is 0.501. The first-order valence-corrected chi connectivity index (χ1v) is 14.2. The van der Waals surface area contributed by atoms with Gasteiger partial charge >= 0.3 is 5.97 Å². The Hall–Kier alpha value is -3.27.